The molecule has 0 bridgehead atoms. The van der Waals surface area contributed by atoms with Gasteiger partial charge in [0.2, 0.25) is 0 Å². The van der Waals surface area contributed by atoms with E-state index in [4.69, 9.17) is 9.47 Å². The van der Waals surface area contributed by atoms with Crippen LogP contribution < -0.4 is 25.0 Å². The number of hydrogen-bond donors (Lipinski definition) is 2. The van der Waals surface area contributed by atoms with Gasteiger partial charge in [0, 0.05) is 54.8 Å². The van der Waals surface area contributed by atoms with Crippen molar-refractivity contribution in [2.75, 3.05) is 64.0 Å². The zero-order valence-corrected chi connectivity index (χ0v) is 19.2. The second-order valence-corrected chi connectivity index (χ2v) is 7.99. The number of benzene rings is 2. The predicted octanol–water partition coefficient (Wildman–Crippen LogP) is 3.54. The van der Waals surface area contributed by atoms with Gasteiger partial charge >= 0.3 is 0 Å². The number of fused-ring (bicyclic) bond motifs is 1. The Bertz CT molecular complexity index is 954. The monoisotopic (exact) mass is 424 g/mol. The molecule has 0 spiro atoms. The molecule has 2 N–H and O–H groups in total. The van der Waals surface area contributed by atoms with Gasteiger partial charge in [0.05, 0.1) is 19.9 Å². The average molecular weight is 425 g/mol. The molecule has 166 valence electrons. The number of hydrogen-bond acceptors (Lipinski definition) is 6. The Labute approximate surface area is 184 Å². The summed E-state index contributed by atoms with van der Waals surface area (Å²) in [5.74, 6) is 1.06. The summed E-state index contributed by atoms with van der Waals surface area (Å²) in [6.45, 7) is 3.99. The van der Waals surface area contributed by atoms with E-state index in [0.29, 0.717) is 17.1 Å². The maximum Gasteiger partial charge on any atom is 0.256 e. The van der Waals surface area contributed by atoms with Crippen LogP contribution in [0, 0.1) is 0 Å². The molecular formula is C24H32N4O3. The Kier molecular flexibility index (Phi) is 7.07. The van der Waals surface area contributed by atoms with Crippen molar-refractivity contribution in [2.45, 2.75) is 13.0 Å². The van der Waals surface area contributed by atoms with Crippen molar-refractivity contribution in [3.63, 3.8) is 0 Å². The Balaban J connectivity index is 1.72. The van der Waals surface area contributed by atoms with E-state index in [9.17, 15) is 4.79 Å². The fraction of sp³-hybridized carbons (Fsp3) is 0.375. The fourth-order valence-corrected chi connectivity index (χ4v) is 3.53. The molecule has 1 aliphatic heterocycles. The number of anilines is 3. The molecule has 3 rings (SSSR count). The summed E-state index contributed by atoms with van der Waals surface area (Å²) in [6, 6.07) is 11.9. The number of carbonyl (C=O) groups excluding carboxylic acids is 1. The highest BCUT2D eigenvalue weighted by Crippen LogP contribution is 2.40. The fourth-order valence-electron chi connectivity index (χ4n) is 3.53. The molecular weight excluding hydrogens is 392 g/mol. The Hall–Kier alpha value is -3.19. The molecule has 31 heavy (non-hydrogen) atoms. The Morgan fingerprint density at radius 3 is 2.29 bits per heavy atom. The molecule has 0 saturated heterocycles. The van der Waals surface area contributed by atoms with E-state index in [1.807, 2.05) is 19.1 Å². The van der Waals surface area contributed by atoms with Crippen LogP contribution >= 0.6 is 0 Å². The molecule has 7 heteroatoms. The van der Waals surface area contributed by atoms with Crippen molar-refractivity contribution >= 4 is 28.5 Å². The standard InChI is InChI=1S/C24H32N4O3/c1-16(25-17-7-9-18(10-8-17)28(4)12-11-27(2)3)13-20-19-14-22(30-5)23(31-6)15-21(19)26-24(20)29/h7-10,13-16,25H,11-12H2,1-6H3,(H,26,29). The zero-order chi connectivity index (χ0) is 22.5. The highest BCUT2D eigenvalue weighted by atomic mass is 16.5. The lowest BCUT2D eigenvalue weighted by Gasteiger charge is -2.22. The van der Waals surface area contributed by atoms with Gasteiger partial charge in [0.1, 0.15) is 0 Å². The van der Waals surface area contributed by atoms with Crippen LogP contribution in [0.2, 0.25) is 0 Å². The van der Waals surface area contributed by atoms with Crippen LogP contribution in [0.5, 0.6) is 11.5 Å². The summed E-state index contributed by atoms with van der Waals surface area (Å²) in [4.78, 5) is 17.0. The zero-order valence-electron chi connectivity index (χ0n) is 19.2. The molecule has 1 heterocycles. The molecule has 7 nitrogen and oxygen atoms in total. The number of amides is 1. The van der Waals surface area contributed by atoms with Crippen LogP contribution in [-0.2, 0) is 4.79 Å². The maximum absolute atomic E-state index is 12.5. The van der Waals surface area contributed by atoms with E-state index in [-0.39, 0.29) is 11.9 Å². The number of methoxy groups -OCH3 is 2. The molecule has 2 aromatic rings. The van der Waals surface area contributed by atoms with Crippen molar-refractivity contribution in [2.24, 2.45) is 0 Å². The van der Waals surface area contributed by atoms with Crippen LogP contribution in [0.1, 0.15) is 12.5 Å². The lowest BCUT2D eigenvalue weighted by atomic mass is 10.0. The van der Waals surface area contributed by atoms with Crippen LogP contribution in [-0.4, -0.2) is 65.3 Å². The van der Waals surface area contributed by atoms with Gasteiger partial charge in [0.15, 0.2) is 11.5 Å². The minimum absolute atomic E-state index is 0.0443. The van der Waals surface area contributed by atoms with Crippen molar-refractivity contribution < 1.29 is 14.3 Å². The van der Waals surface area contributed by atoms with Gasteiger partial charge in [-0.2, -0.15) is 0 Å². The molecule has 1 atom stereocenters. The van der Waals surface area contributed by atoms with E-state index < -0.39 is 0 Å². The minimum Gasteiger partial charge on any atom is -0.493 e. The van der Waals surface area contributed by atoms with Crippen molar-refractivity contribution in [3.05, 3.63) is 48.0 Å². The number of nitrogens with zero attached hydrogens (tertiary/aromatic N) is 2. The first-order valence-corrected chi connectivity index (χ1v) is 10.3. The number of likely N-dealkylation sites (N-methyl/N-ethyl adjacent to an activating group) is 2. The number of carbonyl (C=O) groups is 1. The van der Waals surface area contributed by atoms with Crippen molar-refractivity contribution in [1.29, 1.82) is 0 Å². The van der Waals surface area contributed by atoms with Gasteiger partial charge in [0.25, 0.3) is 5.91 Å². The molecule has 0 aliphatic carbocycles. The molecule has 2 aromatic carbocycles. The summed E-state index contributed by atoms with van der Waals surface area (Å²) in [5.41, 5.74) is 4.33. The predicted molar refractivity (Wildman–Crippen MR) is 128 cm³/mol. The average Bonchev–Trinajstić information content (AvgIpc) is 3.05. The van der Waals surface area contributed by atoms with E-state index >= 15 is 0 Å². The number of ether oxygens (including phenoxy) is 2. The van der Waals surface area contributed by atoms with Crippen LogP contribution in [0.15, 0.2) is 42.5 Å². The lowest BCUT2D eigenvalue weighted by molar-refractivity contribution is -0.110. The Morgan fingerprint density at radius 2 is 1.68 bits per heavy atom. The largest absolute Gasteiger partial charge is 0.493 e. The van der Waals surface area contributed by atoms with Crippen molar-refractivity contribution in [3.8, 4) is 11.5 Å². The van der Waals surface area contributed by atoms with Gasteiger partial charge in [-0.15, -0.1) is 0 Å². The Morgan fingerprint density at radius 1 is 1.03 bits per heavy atom. The SMILES string of the molecule is COc1cc2c(cc1OC)C(=CC(C)Nc1ccc(N(C)CCN(C)C)cc1)C(=O)N2. The van der Waals surface area contributed by atoms with Gasteiger partial charge in [-0.25, -0.2) is 0 Å². The molecule has 0 saturated carbocycles. The maximum atomic E-state index is 12.5. The van der Waals surface area contributed by atoms with Gasteiger partial charge < -0.3 is 29.9 Å². The first-order chi connectivity index (χ1) is 14.8. The van der Waals surface area contributed by atoms with E-state index in [2.05, 4.69) is 65.8 Å². The summed E-state index contributed by atoms with van der Waals surface area (Å²) in [7, 11) is 9.41. The molecule has 0 aromatic heterocycles. The molecule has 1 aliphatic rings. The van der Waals surface area contributed by atoms with Gasteiger partial charge in [-0.1, -0.05) is 0 Å². The first kappa shape index (κ1) is 22.5. The topological polar surface area (TPSA) is 66.1 Å². The summed E-state index contributed by atoms with van der Waals surface area (Å²) >= 11 is 0. The molecule has 0 fully saturated rings. The molecule has 0 radical (unpaired) electrons. The lowest BCUT2D eigenvalue weighted by Crippen LogP contribution is -2.28. The highest BCUT2D eigenvalue weighted by molar-refractivity contribution is 6.31. The number of nitrogens with one attached hydrogen (secondary N) is 2. The van der Waals surface area contributed by atoms with E-state index in [1.165, 1.54) is 5.69 Å². The van der Waals surface area contributed by atoms with Crippen LogP contribution in [0.25, 0.3) is 5.57 Å². The van der Waals surface area contributed by atoms with Crippen LogP contribution in [0.4, 0.5) is 17.1 Å². The van der Waals surface area contributed by atoms with Gasteiger partial charge in [-0.3, -0.25) is 4.79 Å². The smallest absolute Gasteiger partial charge is 0.256 e. The normalized spacial score (nSPS) is 14.9. The summed E-state index contributed by atoms with van der Waals surface area (Å²) in [6.07, 6.45) is 1.93. The van der Waals surface area contributed by atoms with E-state index in [1.54, 1.807) is 20.3 Å². The van der Waals surface area contributed by atoms with Gasteiger partial charge in [-0.05, 0) is 57.4 Å². The third-order valence-corrected chi connectivity index (χ3v) is 5.31. The third kappa shape index (κ3) is 5.30. The van der Waals surface area contributed by atoms with Crippen LogP contribution in [0.3, 0.4) is 0 Å². The second kappa shape index (κ2) is 9.75. The van der Waals surface area contributed by atoms with E-state index in [0.717, 1.165) is 30.0 Å². The first-order valence-electron chi connectivity index (χ1n) is 10.3. The third-order valence-electron chi connectivity index (χ3n) is 5.31. The quantitative estimate of drug-likeness (QED) is 0.601. The number of rotatable bonds is 9. The second-order valence-electron chi connectivity index (χ2n) is 7.99. The minimum atomic E-state index is -0.128. The summed E-state index contributed by atoms with van der Waals surface area (Å²) in [5, 5.41) is 6.35. The molecule has 1 amide bonds. The van der Waals surface area contributed by atoms with Crippen molar-refractivity contribution in [1.82, 2.24) is 4.90 Å². The summed E-state index contributed by atoms with van der Waals surface area (Å²) < 4.78 is 10.7. The highest BCUT2D eigenvalue weighted by Gasteiger charge is 2.27. The molecule has 1 unspecified atom stereocenters.